The summed E-state index contributed by atoms with van der Waals surface area (Å²) in [5.41, 5.74) is 2.57. The van der Waals surface area contributed by atoms with E-state index in [1.54, 1.807) is 6.07 Å². The molecule has 232 valence electrons. The quantitative estimate of drug-likeness (QED) is 0.165. The minimum absolute atomic E-state index is 0.0164. The Labute approximate surface area is 245 Å². The molecule has 1 atom stereocenters. The summed E-state index contributed by atoms with van der Waals surface area (Å²) in [4.78, 5) is 35.3. The summed E-state index contributed by atoms with van der Waals surface area (Å²) in [6.45, 7) is 8.15. The Balaban J connectivity index is 0.000000928. The van der Waals surface area contributed by atoms with E-state index in [0.717, 1.165) is 44.2 Å². The van der Waals surface area contributed by atoms with Crippen LogP contribution < -0.4 is 10.1 Å². The van der Waals surface area contributed by atoms with Crippen molar-refractivity contribution in [2.75, 3.05) is 31.7 Å². The maximum absolute atomic E-state index is 13.0. The van der Waals surface area contributed by atoms with Gasteiger partial charge in [0.05, 0.1) is 19.6 Å². The van der Waals surface area contributed by atoms with E-state index in [2.05, 4.69) is 38.2 Å². The Morgan fingerprint density at radius 1 is 1.07 bits per heavy atom. The number of hydrogen-bond acceptors (Lipinski definition) is 6. The van der Waals surface area contributed by atoms with Crippen LogP contribution in [0.25, 0.3) is 0 Å². The lowest BCUT2D eigenvalue weighted by molar-refractivity contribution is -0.156. The number of phenols is 1. The maximum Gasteiger partial charge on any atom is 0.446 e. The van der Waals surface area contributed by atoms with Crippen LogP contribution in [0.15, 0.2) is 42.5 Å². The maximum atomic E-state index is 13.0. The summed E-state index contributed by atoms with van der Waals surface area (Å²) < 4.78 is 42.6. The summed E-state index contributed by atoms with van der Waals surface area (Å²) in [5, 5.41) is 12.7. The molecule has 2 amide bonds. The molecule has 3 rings (SSSR count). The molecule has 0 fully saturated rings. The van der Waals surface area contributed by atoms with E-state index in [-0.39, 0.29) is 30.2 Å². The highest BCUT2D eigenvalue weighted by Crippen LogP contribution is 2.39. The van der Waals surface area contributed by atoms with Gasteiger partial charge in [-0.15, -0.1) is 0 Å². The number of alkyl halides is 3. The topological polar surface area (TPSA) is 105 Å². The van der Waals surface area contributed by atoms with Crippen LogP contribution in [0.3, 0.4) is 0 Å². The average molecular weight is 595 g/mol. The number of aryl methyl sites for hydroxylation is 1. The monoisotopic (exact) mass is 594 g/mol. The second kappa shape index (κ2) is 17.4. The van der Waals surface area contributed by atoms with Crippen molar-refractivity contribution < 1.29 is 42.1 Å². The van der Waals surface area contributed by atoms with Crippen LogP contribution in [0.2, 0.25) is 0 Å². The molecule has 8 nitrogen and oxygen atoms in total. The molecule has 1 heterocycles. The molecule has 0 saturated heterocycles. The average Bonchev–Trinajstić information content (AvgIpc) is 2.96. The van der Waals surface area contributed by atoms with Crippen LogP contribution in [0.1, 0.15) is 57.6 Å². The fourth-order valence-corrected chi connectivity index (χ4v) is 4.34. The predicted molar refractivity (Wildman–Crippen MR) is 154 cm³/mol. The van der Waals surface area contributed by atoms with E-state index in [9.17, 15) is 27.9 Å². The molecule has 11 heteroatoms. The van der Waals surface area contributed by atoms with E-state index in [4.69, 9.17) is 14.3 Å². The van der Waals surface area contributed by atoms with Gasteiger partial charge in [0, 0.05) is 12.6 Å². The molecule has 1 aliphatic rings. The SMILES string of the molecule is CC(C)[C@@H](C)N(CCCCCc1ccc(O)c2c1OCC(=O)N2)C(=O)CCOCCc1ccccc1.O=CC(F)(F)F. The highest BCUT2D eigenvalue weighted by molar-refractivity contribution is 5.97. The number of fused-ring (bicyclic) bond motifs is 1. The van der Waals surface area contributed by atoms with Gasteiger partial charge in [0.2, 0.25) is 12.2 Å². The van der Waals surface area contributed by atoms with Gasteiger partial charge in [-0.3, -0.25) is 14.4 Å². The van der Waals surface area contributed by atoms with Crippen LogP contribution in [-0.2, 0) is 32.0 Å². The lowest BCUT2D eigenvalue weighted by atomic mass is 10.0. The van der Waals surface area contributed by atoms with Crippen LogP contribution in [0.5, 0.6) is 11.5 Å². The molecule has 0 aromatic heterocycles. The number of halogens is 3. The second-order valence-corrected chi connectivity index (χ2v) is 10.4. The number of hydrogen-bond donors (Lipinski definition) is 2. The third-order valence-electron chi connectivity index (χ3n) is 6.92. The van der Waals surface area contributed by atoms with E-state index >= 15 is 0 Å². The first-order valence-corrected chi connectivity index (χ1v) is 14.1. The first kappa shape index (κ1) is 34.6. The molecule has 2 aromatic carbocycles. The Morgan fingerprint density at radius 3 is 2.40 bits per heavy atom. The van der Waals surface area contributed by atoms with E-state index in [0.29, 0.717) is 37.0 Å². The molecule has 2 aromatic rings. The summed E-state index contributed by atoms with van der Waals surface area (Å²) in [6.07, 6.45) is -0.874. The smallest absolute Gasteiger partial charge is 0.446 e. The van der Waals surface area contributed by atoms with Gasteiger partial charge in [-0.25, -0.2) is 0 Å². The number of unbranched alkanes of at least 4 members (excludes halogenated alkanes) is 2. The number of rotatable bonds is 14. The van der Waals surface area contributed by atoms with Crippen LogP contribution >= 0.6 is 0 Å². The number of anilines is 1. The largest absolute Gasteiger partial charge is 0.506 e. The van der Waals surface area contributed by atoms with Gasteiger partial charge in [0.15, 0.2) is 12.4 Å². The molecule has 0 saturated carbocycles. The van der Waals surface area contributed by atoms with Gasteiger partial charge < -0.3 is 24.8 Å². The Bertz CT molecular complexity index is 1140. The van der Waals surface area contributed by atoms with Crippen molar-refractivity contribution in [1.82, 2.24) is 4.90 Å². The Kier molecular flexibility index (Phi) is 14.3. The molecule has 0 unspecified atom stereocenters. The number of benzene rings is 2. The minimum atomic E-state index is -4.64. The zero-order chi connectivity index (χ0) is 31.1. The van der Waals surface area contributed by atoms with E-state index < -0.39 is 12.5 Å². The normalized spacial score (nSPS) is 13.3. The van der Waals surface area contributed by atoms with Crippen molar-refractivity contribution in [3.05, 3.63) is 53.6 Å². The third kappa shape index (κ3) is 12.1. The zero-order valence-corrected chi connectivity index (χ0v) is 24.4. The number of ether oxygens (including phenoxy) is 2. The van der Waals surface area contributed by atoms with Crippen LogP contribution in [-0.4, -0.2) is 66.7 Å². The lowest BCUT2D eigenvalue weighted by Gasteiger charge is -2.32. The number of nitrogens with zero attached hydrogens (tertiary/aromatic N) is 1. The second-order valence-electron chi connectivity index (χ2n) is 10.4. The number of carbonyl (C=O) groups excluding carboxylic acids is 3. The zero-order valence-electron chi connectivity index (χ0n) is 24.4. The molecule has 0 bridgehead atoms. The number of phenolic OH excluding ortho intramolecular Hbond substituents is 1. The van der Waals surface area contributed by atoms with Crippen LogP contribution in [0, 0.1) is 5.92 Å². The number of aldehydes is 1. The van der Waals surface area contributed by atoms with Gasteiger partial charge in [0.1, 0.15) is 11.4 Å². The summed E-state index contributed by atoms with van der Waals surface area (Å²) in [6, 6.07) is 13.8. The first-order chi connectivity index (χ1) is 19.9. The van der Waals surface area contributed by atoms with Crippen molar-refractivity contribution >= 4 is 23.8 Å². The van der Waals surface area contributed by atoms with E-state index in [1.807, 2.05) is 29.2 Å². The molecule has 0 spiro atoms. The summed E-state index contributed by atoms with van der Waals surface area (Å²) in [7, 11) is 0. The molecule has 1 aliphatic heterocycles. The molecule has 0 aliphatic carbocycles. The Hall–Kier alpha value is -3.60. The van der Waals surface area contributed by atoms with Crippen molar-refractivity contribution in [3.8, 4) is 11.5 Å². The van der Waals surface area contributed by atoms with E-state index in [1.165, 1.54) is 5.56 Å². The fraction of sp³-hybridized carbons (Fsp3) is 0.516. The molecule has 2 N–H and O–H groups in total. The molecular weight excluding hydrogens is 553 g/mol. The highest BCUT2D eigenvalue weighted by Gasteiger charge is 2.25. The Morgan fingerprint density at radius 2 is 1.76 bits per heavy atom. The summed E-state index contributed by atoms with van der Waals surface area (Å²) >= 11 is 0. The first-order valence-electron chi connectivity index (χ1n) is 14.1. The van der Waals surface area contributed by atoms with Gasteiger partial charge in [0.25, 0.3) is 5.91 Å². The van der Waals surface area contributed by atoms with Gasteiger partial charge in [-0.2, -0.15) is 13.2 Å². The van der Waals surface area contributed by atoms with Gasteiger partial charge in [-0.05, 0) is 55.7 Å². The highest BCUT2D eigenvalue weighted by atomic mass is 19.4. The standard InChI is InChI=1S/C29H40N2O5.C2HF3O/c1-21(2)22(3)31(27(34)16-19-35-18-15-23-10-6-4-7-11-23)17-9-5-8-12-24-13-14-25(32)28-29(24)36-20-26(33)30-28;3-2(4,5)1-6/h4,6-7,10-11,13-14,21-22,32H,5,8-9,12,15-20H2,1-3H3,(H,30,33);1H/t22-;/m1./s1. The predicted octanol–water partition coefficient (Wildman–Crippen LogP) is 5.71. The van der Waals surface area contributed by atoms with Crippen molar-refractivity contribution in [3.63, 3.8) is 0 Å². The van der Waals surface area contributed by atoms with Crippen molar-refractivity contribution in [2.45, 2.75) is 71.5 Å². The van der Waals surface area contributed by atoms with Crippen LogP contribution in [0.4, 0.5) is 18.9 Å². The van der Waals surface area contributed by atoms with Crippen molar-refractivity contribution in [2.24, 2.45) is 5.92 Å². The molecule has 0 radical (unpaired) electrons. The fourth-order valence-electron chi connectivity index (χ4n) is 4.34. The number of amides is 2. The number of carbonyl (C=O) groups is 3. The summed E-state index contributed by atoms with van der Waals surface area (Å²) in [5.74, 6) is 0.840. The molecule has 42 heavy (non-hydrogen) atoms. The minimum Gasteiger partial charge on any atom is -0.506 e. The number of aromatic hydroxyl groups is 1. The molecular formula is C31H41F3N2O6. The van der Waals surface area contributed by atoms with Crippen molar-refractivity contribution in [1.29, 1.82) is 0 Å². The third-order valence-corrected chi connectivity index (χ3v) is 6.92. The number of nitrogens with one attached hydrogen (secondary N) is 1. The van der Waals surface area contributed by atoms with Gasteiger partial charge >= 0.3 is 6.18 Å². The lowest BCUT2D eigenvalue weighted by Crippen LogP contribution is -2.42. The van der Waals surface area contributed by atoms with Gasteiger partial charge in [-0.1, -0.05) is 56.7 Å².